The van der Waals surface area contributed by atoms with Crippen LogP contribution in [0, 0.1) is 0 Å². The summed E-state index contributed by atoms with van der Waals surface area (Å²) in [5, 5.41) is 0. The second-order valence-electron chi connectivity index (χ2n) is 6.52. The quantitative estimate of drug-likeness (QED) is 0.786. The van der Waals surface area contributed by atoms with Crippen LogP contribution in [0.4, 0.5) is 5.69 Å². The summed E-state index contributed by atoms with van der Waals surface area (Å²) in [7, 11) is 1.78. The molecule has 0 spiro atoms. The molecule has 0 saturated carbocycles. The van der Waals surface area contributed by atoms with E-state index in [2.05, 4.69) is 55.7 Å². The van der Waals surface area contributed by atoms with Gasteiger partial charge in [0, 0.05) is 30.9 Å². The summed E-state index contributed by atoms with van der Waals surface area (Å²) < 4.78 is 5.60. The second-order valence-corrected chi connectivity index (χ2v) is 6.52. The summed E-state index contributed by atoms with van der Waals surface area (Å²) in [4.78, 5) is 5.10. The van der Waals surface area contributed by atoms with Crippen molar-refractivity contribution < 1.29 is 4.74 Å². The standard InChI is InChI=1S/C19H32N2O/c1-6-20(7-2)16-10-12-21(13-11-16)17-8-9-18(15(3)4)19(14-17)22-5/h8-9,14-16H,6-7,10-13H2,1-5H3. The molecule has 1 aliphatic rings. The Morgan fingerprint density at radius 2 is 1.82 bits per heavy atom. The molecule has 1 fully saturated rings. The third kappa shape index (κ3) is 3.75. The van der Waals surface area contributed by atoms with Crippen LogP contribution in [-0.4, -0.2) is 44.2 Å². The van der Waals surface area contributed by atoms with E-state index in [1.54, 1.807) is 7.11 Å². The minimum absolute atomic E-state index is 0.498. The van der Waals surface area contributed by atoms with E-state index in [4.69, 9.17) is 4.74 Å². The van der Waals surface area contributed by atoms with Gasteiger partial charge in [-0.1, -0.05) is 33.8 Å². The van der Waals surface area contributed by atoms with Crippen molar-refractivity contribution in [3.63, 3.8) is 0 Å². The van der Waals surface area contributed by atoms with Crippen molar-refractivity contribution in [1.29, 1.82) is 0 Å². The van der Waals surface area contributed by atoms with Crippen molar-refractivity contribution in [2.24, 2.45) is 0 Å². The number of methoxy groups -OCH3 is 1. The molecule has 0 bridgehead atoms. The second kappa shape index (κ2) is 7.87. The molecule has 22 heavy (non-hydrogen) atoms. The van der Waals surface area contributed by atoms with Crippen molar-refractivity contribution in [3.05, 3.63) is 23.8 Å². The number of benzene rings is 1. The van der Waals surface area contributed by atoms with E-state index in [1.165, 1.54) is 24.1 Å². The Balaban J connectivity index is 2.05. The number of anilines is 1. The zero-order valence-corrected chi connectivity index (χ0v) is 14.9. The average molecular weight is 304 g/mol. The Bertz CT molecular complexity index is 461. The van der Waals surface area contributed by atoms with Crippen LogP contribution in [-0.2, 0) is 0 Å². The molecular weight excluding hydrogens is 272 g/mol. The lowest BCUT2D eigenvalue weighted by Crippen LogP contribution is -2.44. The molecule has 0 radical (unpaired) electrons. The van der Waals surface area contributed by atoms with Crippen molar-refractivity contribution in [2.75, 3.05) is 38.2 Å². The molecule has 0 aromatic heterocycles. The van der Waals surface area contributed by atoms with Gasteiger partial charge in [0.1, 0.15) is 5.75 Å². The minimum atomic E-state index is 0.498. The molecule has 0 amide bonds. The first kappa shape index (κ1) is 17.1. The van der Waals surface area contributed by atoms with Gasteiger partial charge in [0.15, 0.2) is 0 Å². The van der Waals surface area contributed by atoms with Crippen LogP contribution in [0.15, 0.2) is 18.2 Å². The van der Waals surface area contributed by atoms with Crippen LogP contribution in [0.2, 0.25) is 0 Å². The van der Waals surface area contributed by atoms with Crippen LogP contribution in [0.5, 0.6) is 5.75 Å². The number of rotatable bonds is 6. The van der Waals surface area contributed by atoms with Gasteiger partial charge in [0.05, 0.1) is 7.11 Å². The lowest BCUT2D eigenvalue weighted by atomic mass is 9.99. The predicted octanol–water partition coefficient (Wildman–Crippen LogP) is 4.13. The van der Waals surface area contributed by atoms with Crippen molar-refractivity contribution in [1.82, 2.24) is 4.90 Å². The molecule has 124 valence electrons. The monoisotopic (exact) mass is 304 g/mol. The van der Waals surface area contributed by atoms with Crippen molar-refractivity contribution >= 4 is 5.69 Å². The SMILES string of the molecule is CCN(CC)C1CCN(c2ccc(C(C)C)c(OC)c2)CC1. The first-order valence-corrected chi connectivity index (χ1v) is 8.77. The number of ether oxygens (including phenoxy) is 1. The van der Waals surface area contributed by atoms with Gasteiger partial charge in [-0.3, -0.25) is 0 Å². The van der Waals surface area contributed by atoms with Gasteiger partial charge in [-0.05, 0) is 43.5 Å². The lowest BCUT2D eigenvalue weighted by molar-refractivity contribution is 0.186. The molecule has 2 rings (SSSR count). The predicted molar refractivity (Wildman–Crippen MR) is 95.2 cm³/mol. The normalized spacial score (nSPS) is 16.6. The Kier molecular flexibility index (Phi) is 6.13. The van der Waals surface area contributed by atoms with Gasteiger partial charge < -0.3 is 14.5 Å². The fourth-order valence-corrected chi connectivity index (χ4v) is 3.60. The summed E-state index contributed by atoms with van der Waals surface area (Å²) >= 11 is 0. The van der Waals surface area contributed by atoms with Crippen LogP contribution < -0.4 is 9.64 Å². The molecule has 0 unspecified atom stereocenters. The highest BCUT2D eigenvalue weighted by atomic mass is 16.5. The number of piperidine rings is 1. The minimum Gasteiger partial charge on any atom is -0.496 e. The van der Waals surface area contributed by atoms with E-state index in [0.717, 1.165) is 38.0 Å². The smallest absolute Gasteiger partial charge is 0.124 e. The summed E-state index contributed by atoms with van der Waals surface area (Å²) in [6, 6.07) is 7.46. The van der Waals surface area contributed by atoms with Gasteiger partial charge in [0.25, 0.3) is 0 Å². The summed E-state index contributed by atoms with van der Waals surface area (Å²) in [6.45, 7) is 13.6. The molecule has 0 aliphatic carbocycles. The first-order chi connectivity index (χ1) is 10.6. The summed E-state index contributed by atoms with van der Waals surface area (Å²) in [6.07, 6.45) is 2.52. The van der Waals surface area contributed by atoms with Gasteiger partial charge in [-0.25, -0.2) is 0 Å². The molecule has 1 saturated heterocycles. The summed E-state index contributed by atoms with van der Waals surface area (Å²) in [5.74, 6) is 1.52. The number of nitrogens with zero attached hydrogens (tertiary/aromatic N) is 2. The maximum absolute atomic E-state index is 5.60. The number of hydrogen-bond donors (Lipinski definition) is 0. The van der Waals surface area contributed by atoms with Crippen LogP contribution in [0.1, 0.15) is 52.0 Å². The van der Waals surface area contributed by atoms with Crippen LogP contribution in [0.3, 0.4) is 0 Å². The molecule has 0 atom stereocenters. The third-order valence-corrected chi connectivity index (χ3v) is 5.00. The topological polar surface area (TPSA) is 15.7 Å². The van der Waals surface area contributed by atoms with Crippen LogP contribution >= 0.6 is 0 Å². The van der Waals surface area contributed by atoms with E-state index < -0.39 is 0 Å². The number of hydrogen-bond acceptors (Lipinski definition) is 3. The zero-order valence-electron chi connectivity index (χ0n) is 14.9. The Hall–Kier alpha value is -1.22. The molecule has 3 heteroatoms. The van der Waals surface area contributed by atoms with E-state index >= 15 is 0 Å². The van der Waals surface area contributed by atoms with Crippen LogP contribution in [0.25, 0.3) is 0 Å². The maximum atomic E-state index is 5.60. The molecule has 3 nitrogen and oxygen atoms in total. The summed E-state index contributed by atoms with van der Waals surface area (Å²) in [5.41, 5.74) is 2.60. The molecule has 1 aromatic rings. The Morgan fingerprint density at radius 3 is 2.32 bits per heavy atom. The van der Waals surface area contributed by atoms with Crippen molar-refractivity contribution in [2.45, 2.75) is 52.5 Å². The largest absolute Gasteiger partial charge is 0.496 e. The zero-order chi connectivity index (χ0) is 16.1. The molecule has 1 aliphatic heterocycles. The highest BCUT2D eigenvalue weighted by Crippen LogP contribution is 2.32. The van der Waals surface area contributed by atoms with E-state index in [-0.39, 0.29) is 0 Å². The fourth-order valence-electron chi connectivity index (χ4n) is 3.60. The molecule has 0 N–H and O–H groups in total. The highest BCUT2D eigenvalue weighted by molar-refractivity contribution is 5.54. The Labute approximate surface area is 136 Å². The van der Waals surface area contributed by atoms with Crippen molar-refractivity contribution in [3.8, 4) is 5.75 Å². The van der Waals surface area contributed by atoms with E-state index in [1.807, 2.05) is 0 Å². The van der Waals surface area contributed by atoms with E-state index in [0.29, 0.717) is 5.92 Å². The van der Waals surface area contributed by atoms with Gasteiger partial charge in [-0.15, -0.1) is 0 Å². The van der Waals surface area contributed by atoms with Gasteiger partial charge in [0.2, 0.25) is 0 Å². The average Bonchev–Trinajstić information content (AvgIpc) is 2.56. The molecule has 1 aromatic carbocycles. The third-order valence-electron chi connectivity index (χ3n) is 5.00. The highest BCUT2D eigenvalue weighted by Gasteiger charge is 2.23. The molecular formula is C19H32N2O. The lowest BCUT2D eigenvalue weighted by Gasteiger charge is -2.39. The van der Waals surface area contributed by atoms with Gasteiger partial charge in [-0.2, -0.15) is 0 Å². The first-order valence-electron chi connectivity index (χ1n) is 8.77. The fraction of sp³-hybridized carbons (Fsp3) is 0.684. The van der Waals surface area contributed by atoms with Gasteiger partial charge >= 0.3 is 0 Å². The van der Waals surface area contributed by atoms with E-state index in [9.17, 15) is 0 Å². The Morgan fingerprint density at radius 1 is 1.18 bits per heavy atom. The maximum Gasteiger partial charge on any atom is 0.124 e. The molecule has 1 heterocycles.